The molecule has 33 heavy (non-hydrogen) atoms. The molecule has 3 rings (SSSR count). The normalized spacial score (nSPS) is 16.0. The third-order valence-corrected chi connectivity index (χ3v) is 6.21. The Bertz CT molecular complexity index is 1060. The highest BCUT2D eigenvalue weighted by molar-refractivity contribution is 7.99. The van der Waals surface area contributed by atoms with Crippen LogP contribution in [0, 0.1) is 5.92 Å². The molecule has 1 N–H and O–H groups in total. The van der Waals surface area contributed by atoms with Crippen LogP contribution in [0.15, 0.2) is 94.2 Å². The predicted octanol–water partition coefficient (Wildman–Crippen LogP) is 5.37. The summed E-state index contributed by atoms with van der Waals surface area (Å²) in [6.45, 7) is 5.90. The number of ether oxygens (including phenoxy) is 2. The molecule has 1 unspecified atom stereocenters. The summed E-state index contributed by atoms with van der Waals surface area (Å²) in [4.78, 5) is 26.7. The summed E-state index contributed by atoms with van der Waals surface area (Å²) in [7, 11) is 0. The molecule has 0 spiro atoms. The molecule has 2 aromatic rings. The molecule has 0 radical (unpaired) electrons. The van der Waals surface area contributed by atoms with Gasteiger partial charge in [-0.3, -0.25) is 0 Å². The van der Waals surface area contributed by atoms with Crippen molar-refractivity contribution >= 4 is 29.8 Å². The summed E-state index contributed by atoms with van der Waals surface area (Å²) in [6.07, 6.45) is 3.70. The monoisotopic (exact) mass is 463 g/mol. The fourth-order valence-electron chi connectivity index (χ4n) is 3.71. The van der Waals surface area contributed by atoms with E-state index in [1.165, 1.54) is 0 Å². The average Bonchev–Trinajstić information content (AvgIpc) is 2.80. The number of rotatable bonds is 9. The van der Waals surface area contributed by atoms with E-state index in [-0.39, 0.29) is 13.2 Å². The average molecular weight is 464 g/mol. The van der Waals surface area contributed by atoms with Crippen molar-refractivity contribution in [2.24, 2.45) is 5.92 Å². The molecule has 1 aliphatic rings. The number of dihydropyridines is 1. The maximum absolute atomic E-state index is 12.8. The minimum Gasteiger partial charge on any atom is -0.461 e. The lowest BCUT2D eigenvalue weighted by molar-refractivity contribution is -0.139. The van der Waals surface area contributed by atoms with Crippen LogP contribution in [-0.4, -0.2) is 30.9 Å². The third-order valence-electron chi connectivity index (χ3n) is 5.24. The lowest BCUT2D eigenvalue weighted by atomic mass is 9.87. The van der Waals surface area contributed by atoms with Crippen LogP contribution in [0.4, 0.5) is 0 Å². The van der Waals surface area contributed by atoms with Crippen LogP contribution >= 0.6 is 11.8 Å². The van der Waals surface area contributed by atoms with Crippen molar-refractivity contribution in [2.45, 2.75) is 25.7 Å². The van der Waals surface area contributed by atoms with E-state index >= 15 is 0 Å². The Hall–Kier alpha value is -3.25. The highest BCUT2D eigenvalue weighted by Crippen LogP contribution is 2.31. The van der Waals surface area contributed by atoms with Gasteiger partial charge in [0.2, 0.25) is 0 Å². The van der Waals surface area contributed by atoms with Crippen molar-refractivity contribution in [1.82, 2.24) is 5.32 Å². The molecule has 0 bridgehead atoms. The summed E-state index contributed by atoms with van der Waals surface area (Å²) < 4.78 is 11.0. The first kappa shape index (κ1) is 24.4. The van der Waals surface area contributed by atoms with E-state index in [1.54, 1.807) is 17.8 Å². The Morgan fingerprint density at radius 3 is 2.12 bits per heavy atom. The molecular weight excluding hydrogens is 434 g/mol. The number of nitrogens with one attached hydrogen (secondary N) is 1. The van der Waals surface area contributed by atoms with Gasteiger partial charge in [0.1, 0.15) is 13.2 Å². The summed E-state index contributed by atoms with van der Waals surface area (Å²) in [5.41, 5.74) is 3.32. The molecule has 0 aliphatic carbocycles. The maximum atomic E-state index is 12.8. The molecule has 1 heterocycles. The molecule has 6 heteroatoms. The van der Waals surface area contributed by atoms with Gasteiger partial charge in [-0.2, -0.15) is 0 Å². The van der Waals surface area contributed by atoms with Gasteiger partial charge in [-0.1, -0.05) is 61.5 Å². The molecule has 1 atom stereocenters. The van der Waals surface area contributed by atoms with Crippen LogP contribution in [0.2, 0.25) is 0 Å². The van der Waals surface area contributed by atoms with E-state index in [9.17, 15) is 9.59 Å². The third kappa shape index (κ3) is 6.86. The van der Waals surface area contributed by atoms with Gasteiger partial charge in [-0.05, 0) is 37.6 Å². The molecule has 2 aromatic carbocycles. The summed E-state index contributed by atoms with van der Waals surface area (Å²) in [5.74, 6) is -0.627. The van der Waals surface area contributed by atoms with E-state index in [1.807, 2.05) is 87.5 Å². The summed E-state index contributed by atoms with van der Waals surface area (Å²) in [5, 5.41) is 3.14. The topological polar surface area (TPSA) is 64.6 Å². The number of carbonyl (C=O) groups is 2. The zero-order valence-corrected chi connectivity index (χ0v) is 20.0. The zero-order chi connectivity index (χ0) is 23.6. The smallest absolute Gasteiger partial charge is 0.336 e. The molecule has 0 amide bonds. The van der Waals surface area contributed by atoms with Crippen molar-refractivity contribution in [2.75, 3.05) is 19.0 Å². The second-order valence-electron chi connectivity index (χ2n) is 7.63. The Kier molecular flexibility index (Phi) is 8.95. The van der Waals surface area contributed by atoms with Gasteiger partial charge in [0, 0.05) is 28.0 Å². The van der Waals surface area contributed by atoms with Gasteiger partial charge in [-0.15, -0.1) is 11.8 Å². The lowest BCUT2D eigenvalue weighted by Crippen LogP contribution is -2.32. The van der Waals surface area contributed by atoms with Crippen LogP contribution < -0.4 is 5.32 Å². The van der Waals surface area contributed by atoms with E-state index in [0.717, 1.165) is 10.5 Å². The van der Waals surface area contributed by atoms with Gasteiger partial charge in [-0.25, -0.2) is 9.59 Å². The minimum absolute atomic E-state index is 0.149. The van der Waals surface area contributed by atoms with Gasteiger partial charge in [0.05, 0.1) is 11.1 Å². The first-order valence-electron chi connectivity index (χ1n) is 10.9. The molecule has 172 valence electrons. The van der Waals surface area contributed by atoms with E-state index in [2.05, 4.69) is 5.32 Å². The quantitative estimate of drug-likeness (QED) is 0.307. The van der Waals surface area contributed by atoms with E-state index in [4.69, 9.17) is 9.47 Å². The standard InChI is InChI=1S/C27H29NO4S/c1-19-24(26(29)31-16-10-13-22-11-6-4-7-12-22)20(2)28-21(3)25(19)27(30)32-17-18-33-23-14-8-5-9-15-23/h4-15,19,28H,16-18H2,1-3H3/b13-10+. The number of benzene rings is 2. The Morgan fingerprint density at radius 2 is 1.48 bits per heavy atom. The number of carbonyl (C=O) groups excluding carboxylic acids is 2. The number of esters is 2. The van der Waals surface area contributed by atoms with Crippen molar-refractivity contribution in [3.8, 4) is 0 Å². The Labute approximate surface area is 199 Å². The maximum Gasteiger partial charge on any atom is 0.336 e. The highest BCUT2D eigenvalue weighted by atomic mass is 32.2. The summed E-state index contributed by atoms with van der Waals surface area (Å²) in [6, 6.07) is 19.8. The number of hydrogen-bond acceptors (Lipinski definition) is 6. The van der Waals surface area contributed by atoms with Crippen LogP contribution in [0.3, 0.4) is 0 Å². The van der Waals surface area contributed by atoms with E-state index in [0.29, 0.717) is 28.3 Å². The van der Waals surface area contributed by atoms with Gasteiger partial charge < -0.3 is 14.8 Å². The lowest BCUT2D eigenvalue weighted by Gasteiger charge is -2.27. The molecule has 0 saturated carbocycles. The molecule has 5 nitrogen and oxygen atoms in total. The fraction of sp³-hybridized carbons (Fsp3) is 0.259. The first-order chi connectivity index (χ1) is 16.0. The second kappa shape index (κ2) is 12.1. The highest BCUT2D eigenvalue weighted by Gasteiger charge is 2.33. The van der Waals surface area contributed by atoms with Crippen LogP contribution in [0.1, 0.15) is 26.3 Å². The second-order valence-corrected chi connectivity index (χ2v) is 8.80. The van der Waals surface area contributed by atoms with Crippen molar-refractivity contribution < 1.29 is 19.1 Å². The van der Waals surface area contributed by atoms with Crippen molar-refractivity contribution in [3.05, 3.63) is 94.8 Å². The number of allylic oxidation sites excluding steroid dienone is 2. The van der Waals surface area contributed by atoms with E-state index < -0.39 is 17.9 Å². The van der Waals surface area contributed by atoms with Gasteiger partial charge >= 0.3 is 11.9 Å². The SMILES string of the molecule is CC1=C(C(=O)OC/C=C/c2ccccc2)C(C)C(C(=O)OCCSc2ccccc2)=C(C)N1. The largest absolute Gasteiger partial charge is 0.461 e. The van der Waals surface area contributed by atoms with Gasteiger partial charge in [0.15, 0.2) is 0 Å². The fourth-order valence-corrected chi connectivity index (χ4v) is 4.46. The molecule has 0 saturated heterocycles. The first-order valence-corrected chi connectivity index (χ1v) is 11.9. The Morgan fingerprint density at radius 1 is 0.909 bits per heavy atom. The molecule has 0 aromatic heterocycles. The molecule has 1 aliphatic heterocycles. The predicted molar refractivity (Wildman–Crippen MR) is 132 cm³/mol. The van der Waals surface area contributed by atoms with Crippen LogP contribution in [-0.2, 0) is 19.1 Å². The molecular formula is C27H29NO4S. The van der Waals surface area contributed by atoms with Crippen LogP contribution in [0.5, 0.6) is 0 Å². The zero-order valence-electron chi connectivity index (χ0n) is 19.2. The Balaban J connectivity index is 1.54. The van der Waals surface area contributed by atoms with Crippen molar-refractivity contribution in [1.29, 1.82) is 0 Å². The number of hydrogen-bond donors (Lipinski definition) is 1. The number of thioether (sulfide) groups is 1. The van der Waals surface area contributed by atoms with Crippen molar-refractivity contribution in [3.63, 3.8) is 0 Å². The minimum atomic E-state index is -0.442. The molecule has 0 fully saturated rings. The van der Waals surface area contributed by atoms with Crippen LogP contribution in [0.25, 0.3) is 6.08 Å². The van der Waals surface area contributed by atoms with Gasteiger partial charge in [0.25, 0.3) is 0 Å². The summed E-state index contributed by atoms with van der Waals surface area (Å²) >= 11 is 1.63.